The maximum absolute atomic E-state index is 9.76. The van der Waals surface area contributed by atoms with Gasteiger partial charge >= 0.3 is 0 Å². The number of aromatic hydroxyl groups is 2. The van der Waals surface area contributed by atoms with Crippen LogP contribution in [-0.4, -0.2) is 23.3 Å². The van der Waals surface area contributed by atoms with E-state index in [1.54, 1.807) is 12.1 Å². The van der Waals surface area contributed by atoms with Gasteiger partial charge in [-0.3, -0.25) is 0 Å². The first-order chi connectivity index (χ1) is 10.2. The standard InChI is InChI=1S/C17H22N2O2/c1-3-19(4-2)15-10-8-14(9-11-15)18-12-13-6-5-7-16(20)17(13)21/h5-11,18,20-21H,3-4,12H2,1-2H3. The van der Waals surface area contributed by atoms with Gasteiger partial charge < -0.3 is 20.4 Å². The van der Waals surface area contributed by atoms with Crippen LogP contribution in [0.15, 0.2) is 42.5 Å². The largest absolute Gasteiger partial charge is 0.504 e. The second-order valence-electron chi connectivity index (χ2n) is 4.86. The van der Waals surface area contributed by atoms with E-state index in [1.807, 2.05) is 12.1 Å². The SMILES string of the molecule is CCN(CC)c1ccc(NCc2cccc(O)c2O)cc1. The Kier molecular flexibility index (Phi) is 4.93. The van der Waals surface area contributed by atoms with Gasteiger partial charge in [-0.25, -0.2) is 0 Å². The van der Waals surface area contributed by atoms with Gasteiger partial charge in [-0.05, 0) is 44.2 Å². The lowest BCUT2D eigenvalue weighted by atomic mass is 10.1. The Balaban J connectivity index is 2.02. The summed E-state index contributed by atoms with van der Waals surface area (Å²) in [6, 6.07) is 13.2. The topological polar surface area (TPSA) is 55.7 Å². The fourth-order valence-corrected chi connectivity index (χ4v) is 2.30. The fourth-order valence-electron chi connectivity index (χ4n) is 2.30. The summed E-state index contributed by atoms with van der Waals surface area (Å²) in [5, 5.41) is 22.5. The van der Waals surface area contributed by atoms with E-state index < -0.39 is 0 Å². The third-order valence-corrected chi connectivity index (χ3v) is 3.58. The summed E-state index contributed by atoms with van der Waals surface area (Å²) in [6.07, 6.45) is 0. The molecule has 0 aliphatic heterocycles. The van der Waals surface area contributed by atoms with Crippen LogP contribution in [0.1, 0.15) is 19.4 Å². The Labute approximate surface area is 125 Å². The number of phenolic OH excluding ortho intramolecular Hbond substituents is 2. The molecule has 2 aromatic rings. The van der Waals surface area contributed by atoms with Crippen LogP contribution in [0.3, 0.4) is 0 Å². The van der Waals surface area contributed by atoms with Crippen LogP contribution in [0.25, 0.3) is 0 Å². The minimum atomic E-state index is -0.0915. The van der Waals surface area contributed by atoms with E-state index in [1.165, 1.54) is 11.8 Å². The van der Waals surface area contributed by atoms with Crippen molar-refractivity contribution in [2.75, 3.05) is 23.3 Å². The van der Waals surface area contributed by atoms with Crippen molar-refractivity contribution in [2.45, 2.75) is 20.4 Å². The monoisotopic (exact) mass is 286 g/mol. The predicted octanol–water partition coefficient (Wildman–Crippen LogP) is 3.56. The summed E-state index contributed by atoms with van der Waals surface area (Å²) in [6.45, 7) is 6.71. The highest BCUT2D eigenvalue weighted by molar-refractivity contribution is 5.56. The second-order valence-corrected chi connectivity index (χ2v) is 4.86. The highest BCUT2D eigenvalue weighted by Crippen LogP contribution is 2.28. The van der Waals surface area contributed by atoms with Crippen molar-refractivity contribution in [1.82, 2.24) is 0 Å². The number of benzene rings is 2. The zero-order valence-corrected chi connectivity index (χ0v) is 12.5. The van der Waals surface area contributed by atoms with E-state index in [-0.39, 0.29) is 11.5 Å². The molecule has 0 fully saturated rings. The van der Waals surface area contributed by atoms with E-state index in [9.17, 15) is 10.2 Å². The van der Waals surface area contributed by atoms with E-state index in [0.29, 0.717) is 12.1 Å². The molecule has 21 heavy (non-hydrogen) atoms. The van der Waals surface area contributed by atoms with Crippen LogP contribution in [0, 0.1) is 0 Å². The van der Waals surface area contributed by atoms with Crippen molar-refractivity contribution < 1.29 is 10.2 Å². The number of nitrogens with one attached hydrogen (secondary N) is 1. The first kappa shape index (κ1) is 15.0. The molecule has 0 spiro atoms. The van der Waals surface area contributed by atoms with Crippen LogP contribution in [-0.2, 0) is 6.54 Å². The van der Waals surface area contributed by atoms with Gasteiger partial charge in [0.2, 0.25) is 0 Å². The molecule has 2 aromatic carbocycles. The third kappa shape index (κ3) is 3.60. The minimum absolute atomic E-state index is 0.0650. The minimum Gasteiger partial charge on any atom is -0.504 e. The Morgan fingerprint density at radius 2 is 1.62 bits per heavy atom. The molecule has 0 radical (unpaired) electrons. The Morgan fingerprint density at radius 1 is 0.952 bits per heavy atom. The molecule has 2 rings (SSSR count). The molecule has 0 atom stereocenters. The van der Waals surface area contributed by atoms with Crippen LogP contribution >= 0.6 is 0 Å². The normalized spacial score (nSPS) is 10.4. The van der Waals surface area contributed by atoms with Gasteiger partial charge in [-0.1, -0.05) is 12.1 Å². The van der Waals surface area contributed by atoms with Crippen molar-refractivity contribution in [3.63, 3.8) is 0 Å². The number of hydrogen-bond donors (Lipinski definition) is 3. The summed E-state index contributed by atoms with van der Waals surface area (Å²) in [7, 11) is 0. The van der Waals surface area contributed by atoms with Crippen LogP contribution in [0.4, 0.5) is 11.4 Å². The highest BCUT2D eigenvalue weighted by atomic mass is 16.3. The molecule has 0 saturated carbocycles. The van der Waals surface area contributed by atoms with Gasteiger partial charge in [0, 0.05) is 36.6 Å². The smallest absolute Gasteiger partial charge is 0.162 e. The number of phenols is 2. The summed E-state index contributed by atoms with van der Waals surface area (Å²) in [5.74, 6) is -0.157. The molecule has 0 unspecified atom stereocenters. The molecular formula is C17H22N2O2. The predicted molar refractivity (Wildman–Crippen MR) is 87.1 cm³/mol. The molecular weight excluding hydrogens is 264 g/mol. The number of anilines is 2. The van der Waals surface area contributed by atoms with E-state index in [4.69, 9.17) is 0 Å². The maximum Gasteiger partial charge on any atom is 0.162 e. The number of nitrogens with zero attached hydrogens (tertiary/aromatic N) is 1. The van der Waals surface area contributed by atoms with Gasteiger partial charge in [0.1, 0.15) is 0 Å². The molecule has 0 aliphatic carbocycles. The zero-order chi connectivity index (χ0) is 15.2. The average Bonchev–Trinajstić information content (AvgIpc) is 2.51. The maximum atomic E-state index is 9.76. The van der Waals surface area contributed by atoms with Crippen LogP contribution < -0.4 is 10.2 Å². The summed E-state index contributed by atoms with van der Waals surface area (Å²) in [4.78, 5) is 2.28. The molecule has 0 aromatic heterocycles. The number of hydrogen-bond acceptors (Lipinski definition) is 4. The molecule has 0 bridgehead atoms. The molecule has 4 heteroatoms. The lowest BCUT2D eigenvalue weighted by Gasteiger charge is -2.21. The Hall–Kier alpha value is -2.36. The summed E-state index contributed by atoms with van der Waals surface area (Å²) in [5.41, 5.74) is 2.85. The van der Waals surface area contributed by atoms with Gasteiger partial charge in [-0.2, -0.15) is 0 Å². The lowest BCUT2D eigenvalue weighted by Crippen LogP contribution is -2.21. The van der Waals surface area contributed by atoms with Gasteiger partial charge in [0.15, 0.2) is 11.5 Å². The van der Waals surface area contributed by atoms with Gasteiger partial charge in [0.05, 0.1) is 0 Å². The molecule has 0 heterocycles. The Bertz CT molecular complexity index is 578. The van der Waals surface area contributed by atoms with E-state index >= 15 is 0 Å². The molecule has 4 nitrogen and oxygen atoms in total. The molecule has 0 saturated heterocycles. The highest BCUT2D eigenvalue weighted by Gasteiger charge is 2.06. The zero-order valence-electron chi connectivity index (χ0n) is 12.5. The van der Waals surface area contributed by atoms with E-state index in [0.717, 1.165) is 18.8 Å². The van der Waals surface area contributed by atoms with E-state index in [2.05, 4.69) is 36.2 Å². The summed E-state index contributed by atoms with van der Waals surface area (Å²) < 4.78 is 0. The second kappa shape index (κ2) is 6.88. The number of para-hydroxylation sites is 1. The van der Waals surface area contributed by atoms with Crippen molar-refractivity contribution in [1.29, 1.82) is 0 Å². The first-order valence-electron chi connectivity index (χ1n) is 7.24. The summed E-state index contributed by atoms with van der Waals surface area (Å²) >= 11 is 0. The van der Waals surface area contributed by atoms with Crippen molar-refractivity contribution >= 4 is 11.4 Å². The molecule has 0 amide bonds. The third-order valence-electron chi connectivity index (χ3n) is 3.58. The first-order valence-corrected chi connectivity index (χ1v) is 7.24. The lowest BCUT2D eigenvalue weighted by molar-refractivity contribution is 0.400. The van der Waals surface area contributed by atoms with Crippen molar-refractivity contribution in [3.8, 4) is 11.5 Å². The van der Waals surface area contributed by atoms with Gasteiger partial charge in [0.25, 0.3) is 0 Å². The van der Waals surface area contributed by atoms with Crippen molar-refractivity contribution in [2.24, 2.45) is 0 Å². The molecule has 0 aliphatic rings. The van der Waals surface area contributed by atoms with Gasteiger partial charge in [-0.15, -0.1) is 0 Å². The van der Waals surface area contributed by atoms with Crippen molar-refractivity contribution in [3.05, 3.63) is 48.0 Å². The Morgan fingerprint density at radius 3 is 2.24 bits per heavy atom. The number of rotatable bonds is 6. The van der Waals surface area contributed by atoms with Crippen LogP contribution in [0.5, 0.6) is 11.5 Å². The fraction of sp³-hybridized carbons (Fsp3) is 0.294. The molecule has 3 N–H and O–H groups in total. The van der Waals surface area contributed by atoms with Crippen LogP contribution in [0.2, 0.25) is 0 Å². The average molecular weight is 286 g/mol. The quantitative estimate of drug-likeness (QED) is 0.711. The molecule has 112 valence electrons.